The summed E-state index contributed by atoms with van der Waals surface area (Å²) in [6, 6.07) is -0.0291. The van der Waals surface area contributed by atoms with Gasteiger partial charge >= 0.3 is 6.03 Å². The van der Waals surface area contributed by atoms with Crippen LogP contribution in [0.2, 0.25) is 0 Å². The van der Waals surface area contributed by atoms with Crippen LogP contribution in [0.5, 0.6) is 0 Å². The third kappa shape index (κ3) is 3.23. The lowest BCUT2D eigenvalue weighted by atomic mass is 10.0. The fourth-order valence-electron chi connectivity index (χ4n) is 1.66. The van der Waals surface area contributed by atoms with Crippen LogP contribution < -0.4 is 5.32 Å². The summed E-state index contributed by atoms with van der Waals surface area (Å²) in [5.41, 5.74) is -0.201. The Morgan fingerprint density at radius 2 is 2.44 bits per heavy atom. The van der Waals surface area contributed by atoms with Crippen LogP contribution in [0, 0.1) is 0 Å². The molecule has 2 atom stereocenters. The van der Waals surface area contributed by atoms with Crippen LogP contribution in [0.3, 0.4) is 0 Å². The molecule has 0 unspecified atom stereocenters. The van der Waals surface area contributed by atoms with Crippen LogP contribution in [0.1, 0.15) is 27.2 Å². The molecule has 1 saturated heterocycles. The molecule has 1 fully saturated rings. The topological polar surface area (TPSA) is 41.6 Å². The lowest BCUT2D eigenvalue weighted by molar-refractivity contribution is -0.0873. The molecule has 4 nitrogen and oxygen atoms in total. The van der Waals surface area contributed by atoms with Crippen molar-refractivity contribution in [3.63, 3.8) is 0 Å². The molecule has 0 saturated carbocycles. The Kier molecular flexibility index (Phi) is 4.35. The molecule has 0 bridgehead atoms. The van der Waals surface area contributed by atoms with E-state index < -0.39 is 0 Å². The first-order chi connectivity index (χ1) is 7.50. The standard InChI is InChI=1S/C12H22N2O2/c1-5-10(3)13-11(15)14-7-8-16-12(4,6-2)9-14/h5,10H,1,6-9H2,2-4H3,(H,13,15)/t10-,12+/m1/s1. The molecule has 2 amide bonds. The smallest absolute Gasteiger partial charge is 0.318 e. The highest BCUT2D eigenvalue weighted by molar-refractivity contribution is 5.74. The van der Waals surface area contributed by atoms with Crippen LogP contribution in [0.4, 0.5) is 4.79 Å². The minimum absolute atomic E-state index is 0.00299. The van der Waals surface area contributed by atoms with Crippen molar-refractivity contribution in [1.82, 2.24) is 10.2 Å². The van der Waals surface area contributed by atoms with E-state index in [0.717, 1.165) is 6.42 Å². The zero-order chi connectivity index (χ0) is 12.2. The first-order valence-electron chi connectivity index (χ1n) is 5.82. The number of nitrogens with zero attached hydrogens (tertiary/aromatic N) is 1. The first-order valence-corrected chi connectivity index (χ1v) is 5.82. The quantitative estimate of drug-likeness (QED) is 0.745. The van der Waals surface area contributed by atoms with Gasteiger partial charge in [-0.1, -0.05) is 13.0 Å². The van der Waals surface area contributed by atoms with Gasteiger partial charge in [0.25, 0.3) is 0 Å². The summed E-state index contributed by atoms with van der Waals surface area (Å²) in [6.45, 7) is 11.6. The molecular weight excluding hydrogens is 204 g/mol. The highest BCUT2D eigenvalue weighted by atomic mass is 16.5. The third-order valence-corrected chi connectivity index (χ3v) is 3.08. The number of amides is 2. The van der Waals surface area contributed by atoms with Gasteiger partial charge in [-0.2, -0.15) is 0 Å². The minimum Gasteiger partial charge on any atom is -0.372 e. The van der Waals surface area contributed by atoms with Crippen LogP contribution >= 0.6 is 0 Å². The Morgan fingerprint density at radius 1 is 1.75 bits per heavy atom. The van der Waals surface area contributed by atoms with Crippen LogP contribution in [-0.2, 0) is 4.74 Å². The average Bonchev–Trinajstić information content (AvgIpc) is 2.29. The lowest BCUT2D eigenvalue weighted by Crippen LogP contribution is -2.55. The molecule has 1 aliphatic rings. The maximum Gasteiger partial charge on any atom is 0.318 e. The van der Waals surface area contributed by atoms with Crippen LogP contribution in [0.15, 0.2) is 12.7 Å². The zero-order valence-corrected chi connectivity index (χ0v) is 10.5. The van der Waals surface area contributed by atoms with E-state index in [0.29, 0.717) is 19.7 Å². The van der Waals surface area contributed by atoms with Crippen molar-refractivity contribution >= 4 is 6.03 Å². The lowest BCUT2D eigenvalue weighted by Gasteiger charge is -2.40. The maximum absolute atomic E-state index is 11.9. The molecule has 1 heterocycles. The number of morpholine rings is 1. The molecule has 0 aromatic heterocycles. The number of hydrogen-bond acceptors (Lipinski definition) is 2. The second-order valence-electron chi connectivity index (χ2n) is 4.55. The minimum atomic E-state index is -0.201. The van der Waals surface area contributed by atoms with E-state index in [2.05, 4.69) is 18.8 Å². The maximum atomic E-state index is 11.9. The SMILES string of the molecule is C=C[C@@H](C)NC(=O)N1CCO[C@@](C)(CC)C1. The van der Waals surface area contributed by atoms with Gasteiger partial charge in [0.15, 0.2) is 0 Å². The molecule has 0 radical (unpaired) electrons. The Bertz CT molecular complexity index is 268. The van der Waals surface area contributed by atoms with E-state index in [1.54, 1.807) is 6.08 Å². The molecule has 0 aromatic carbocycles. The van der Waals surface area contributed by atoms with Crippen molar-refractivity contribution in [2.45, 2.75) is 38.8 Å². The molecule has 0 aromatic rings. The molecule has 0 aliphatic carbocycles. The fraction of sp³-hybridized carbons (Fsp3) is 0.750. The molecule has 1 rings (SSSR count). The Morgan fingerprint density at radius 3 is 3.00 bits per heavy atom. The number of nitrogens with one attached hydrogen (secondary N) is 1. The van der Waals surface area contributed by atoms with Gasteiger partial charge in [0.2, 0.25) is 0 Å². The van der Waals surface area contributed by atoms with E-state index in [-0.39, 0.29) is 17.7 Å². The number of urea groups is 1. The normalized spacial score (nSPS) is 27.3. The van der Waals surface area contributed by atoms with Crippen molar-refractivity contribution < 1.29 is 9.53 Å². The Hall–Kier alpha value is -1.03. The zero-order valence-electron chi connectivity index (χ0n) is 10.5. The second kappa shape index (κ2) is 5.34. The molecule has 0 spiro atoms. The molecule has 16 heavy (non-hydrogen) atoms. The second-order valence-corrected chi connectivity index (χ2v) is 4.55. The predicted octanol–water partition coefficient (Wildman–Crippen LogP) is 1.77. The Balaban J connectivity index is 2.53. The van der Waals surface area contributed by atoms with Crippen molar-refractivity contribution in [3.8, 4) is 0 Å². The van der Waals surface area contributed by atoms with Gasteiger partial charge in [0, 0.05) is 12.6 Å². The summed E-state index contributed by atoms with van der Waals surface area (Å²) in [6.07, 6.45) is 2.63. The Labute approximate surface area is 97.6 Å². The number of carbonyl (C=O) groups excluding carboxylic acids is 1. The van der Waals surface area contributed by atoms with Gasteiger partial charge in [-0.05, 0) is 20.3 Å². The monoisotopic (exact) mass is 226 g/mol. The van der Waals surface area contributed by atoms with Crippen molar-refractivity contribution in [3.05, 3.63) is 12.7 Å². The largest absolute Gasteiger partial charge is 0.372 e. The number of rotatable bonds is 3. The summed E-state index contributed by atoms with van der Waals surface area (Å²) in [5.74, 6) is 0. The van der Waals surface area contributed by atoms with Crippen molar-refractivity contribution in [2.75, 3.05) is 19.7 Å². The third-order valence-electron chi connectivity index (χ3n) is 3.08. The first kappa shape index (κ1) is 13.0. The summed E-state index contributed by atoms with van der Waals surface area (Å²) < 4.78 is 5.68. The van der Waals surface area contributed by atoms with Gasteiger partial charge in [-0.15, -0.1) is 6.58 Å². The van der Waals surface area contributed by atoms with Crippen molar-refractivity contribution in [2.24, 2.45) is 0 Å². The number of ether oxygens (including phenoxy) is 1. The van der Waals surface area contributed by atoms with Gasteiger partial charge in [-0.25, -0.2) is 4.79 Å². The van der Waals surface area contributed by atoms with Gasteiger partial charge in [0.1, 0.15) is 0 Å². The average molecular weight is 226 g/mol. The number of hydrogen-bond donors (Lipinski definition) is 1. The summed E-state index contributed by atoms with van der Waals surface area (Å²) >= 11 is 0. The summed E-state index contributed by atoms with van der Waals surface area (Å²) in [4.78, 5) is 13.7. The molecule has 1 aliphatic heterocycles. The van der Waals surface area contributed by atoms with Gasteiger partial charge < -0.3 is 15.0 Å². The highest BCUT2D eigenvalue weighted by Crippen LogP contribution is 2.20. The molecule has 92 valence electrons. The van der Waals surface area contributed by atoms with Crippen LogP contribution in [0.25, 0.3) is 0 Å². The fourth-order valence-corrected chi connectivity index (χ4v) is 1.66. The predicted molar refractivity (Wildman–Crippen MR) is 64.4 cm³/mol. The number of carbonyl (C=O) groups is 1. The summed E-state index contributed by atoms with van der Waals surface area (Å²) in [7, 11) is 0. The molecule has 4 heteroatoms. The van der Waals surface area contributed by atoms with Crippen molar-refractivity contribution in [1.29, 1.82) is 0 Å². The van der Waals surface area contributed by atoms with E-state index >= 15 is 0 Å². The summed E-state index contributed by atoms with van der Waals surface area (Å²) in [5, 5.41) is 2.87. The van der Waals surface area contributed by atoms with E-state index in [9.17, 15) is 4.79 Å². The molecule has 1 N–H and O–H groups in total. The van der Waals surface area contributed by atoms with E-state index in [1.165, 1.54) is 0 Å². The van der Waals surface area contributed by atoms with Crippen LogP contribution in [-0.4, -0.2) is 42.3 Å². The highest BCUT2D eigenvalue weighted by Gasteiger charge is 2.32. The van der Waals surface area contributed by atoms with Gasteiger partial charge in [0.05, 0.1) is 18.8 Å². The van der Waals surface area contributed by atoms with E-state index in [1.807, 2.05) is 18.7 Å². The molecular formula is C12H22N2O2. The van der Waals surface area contributed by atoms with Gasteiger partial charge in [-0.3, -0.25) is 0 Å². The van der Waals surface area contributed by atoms with E-state index in [4.69, 9.17) is 4.74 Å².